The van der Waals surface area contributed by atoms with Gasteiger partial charge in [-0.05, 0) is 38.1 Å². The molecular formula is C15H16F3N3O2S. The lowest BCUT2D eigenvalue weighted by molar-refractivity contribution is -0.147. The molecule has 1 aromatic heterocycles. The predicted octanol–water partition coefficient (Wildman–Crippen LogP) is 3.60. The molecule has 0 N–H and O–H groups in total. The lowest BCUT2D eigenvalue weighted by atomic mass is 10.1. The number of ether oxygens (including phenoxy) is 1. The fourth-order valence-electron chi connectivity index (χ4n) is 1.99. The van der Waals surface area contributed by atoms with Crippen molar-refractivity contribution in [1.82, 2.24) is 14.8 Å². The number of Topliss-reactive ketones (excluding diaryl/α,β-unsaturated/α-hetero) is 1. The molecule has 0 bridgehead atoms. The van der Waals surface area contributed by atoms with E-state index in [-0.39, 0.29) is 10.9 Å². The molecule has 9 heteroatoms. The average molecular weight is 359 g/mol. The number of thioether (sulfide) groups is 1. The minimum absolute atomic E-state index is 0.0362. The van der Waals surface area contributed by atoms with Crippen LogP contribution in [0.4, 0.5) is 13.2 Å². The van der Waals surface area contributed by atoms with Crippen LogP contribution in [-0.4, -0.2) is 32.4 Å². The van der Waals surface area contributed by atoms with Gasteiger partial charge in [-0.1, -0.05) is 11.8 Å². The van der Waals surface area contributed by atoms with Gasteiger partial charge in [0.25, 0.3) is 0 Å². The first-order valence-corrected chi connectivity index (χ1v) is 8.02. The highest BCUT2D eigenvalue weighted by Gasteiger charge is 2.37. The first-order valence-electron chi connectivity index (χ1n) is 7.14. The summed E-state index contributed by atoms with van der Waals surface area (Å²) >= 11 is 0.933. The zero-order valence-electron chi connectivity index (χ0n) is 13.3. The van der Waals surface area contributed by atoms with E-state index in [0.717, 1.165) is 16.3 Å². The Morgan fingerprint density at radius 2 is 1.92 bits per heavy atom. The predicted molar refractivity (Wildman–Crippen MR) is 83.3 cm³/mol. The van der Waals surface area contributed by atoms with Gasteiger partial charge in [-0.2, -0.15) is 13.2 Å². The zero-order valence-corrected chi connectivity index (χ0v) is 14.1. The van der Waals surface area contributed by atoms with Gasteiger partial charge in [-0.3, -0.25) is 4.79 Å². The van der Waals surface area contributed by atoms with Gasteiger partial charge in [-0.15, -0.1) is 10.2 Å². The van der Waals surface area contributed by atoms with Crippen LogP contribution in [0.1, 0.15) is 30.0 Å². The fourth-order valence-corrected chi connectivity index (χ4v) is 2.88. The first kappa shape index (κ1) is 18.3. The molecule has 0 fully saturated rings. The molecular weight excluding hydrogens is 343 g/mol. The van der Waals surface area contributed by atoms with E-state index in [0.29, 0.717) is 17.9 Å². The molecule has 1 heterocycles. The molecule has 0 aliphatic rings. The van der Waals surface area contributed by atoms with Crippen molar-refractivity contribution in [3.63, 3.8) is 0 Å². The van der Waals surface area contributed by atoms with Crippen LogP contribution >= 0.6 is 11.8 Å². The monoisotopic (exact) mass is 359 g/mol. The number of ketones is 1. The number of carbonyl (C=O) groups excluding carboxylic acids is 1. The molecule has 1 atom stereocenters. The molecule has 0 amide bonds. The number of benzene rings is 1. The van der Waals surface area contributed by atoms with E-state index in [9.17, 15) is 18.0 Å². The van der Waals surface area contributed by atoms with E-state index < -0.39 is 17.3 Å². The van der Waals surface area contributed by atoms with Crippen molar-refractivity contribution in [2.24, 2.45) is 7.05 Å². The summed E-state index contributed by atoms with van der Waals surface area (Å²) in [6.45, 7) is 3.99. The highest BCUT2D eigenvalue weighted by molar-refractivity contribution is 8.00. The van der Waals surface area contributed by atoms with Crippen LogP contribution in [0.15, 0.2) is 29.4 Å². The van der Waals surface area contributed by atoms with Crippen LogP contribution < -0.4 is 4.74 Å². The molecule has 1 aromatic carbocycles. The Morgan fingerprint density at radius 1 is 1.29 bits per heavy atom. The van der Waals surface area contributed by atoms with Gasteiger partial charge in [0.15, 0.2) is 10.9 Å². The zero-order chi connectivity index (χ0) is 17.9. The van der Waals surface area contributed by atoms with E-state index in [4.69, 9.17) is 4.74 Å². The van der Waals surface area contributed by atoms with Crippen molar-refractivity contribution in [3.05, 3.63) is 35.7 Å². The maximum Gasteiger partial charge on any atom is 0.451 e. The molecule has 130 valence electrons. The van der Waals surface area contributed by atoms with Gasteiger partial charge in [0.1, 0.15) is 5.75 Å². The second-order valence-electron chi connectivity index (χ2n) is 4.94. The summed E-state index contributed by atoms with van der Waals surface area (Å²) < 4.78 is 44.3. The highest BCUT2D eigenvalue weighted by Crippen LogP contribution is 2.31. The summed E-state index contributed by atoms with van der Waals surface area (Å²) in [5, 5.41) is 6.10. The third-order valence-electron chi connectivity index (χ3n) is 3.19. The Kier molecular flexibility index (Phi) is 5.53. The summed E-state index contributed by atoms with van der Waals surface area (Å²) in [6, 6.07) is 6.61. The van der Waals surface area contributed by atoms with Crippen LogP contribution in [0.25, 0.3) is 0 Å². The van der Waals surface area contributed by atoms with Crippen LogP contribution in [0, 0.1) is 0 Å². The number of rotatable bonds is 6. The standard InChI is InChI=1S/C15H16F3N3O2S/c1-4-23-11-7-5-10(6-8-11)12(22)9(2)24-14-20-19-13(21(14)3)15(16,17)18/h5-9H,4H2,1-3H3/t9-/m1/s1. The Bertz CT molecular complexity index is 714. The normalized spacial score (nSPS) is 12.9. The molecule has 0 saturated carbocycles. The number of alkyl halides is 3. The molecule has 2 rings (SSSR count). The van der Waals surface area contributed by atoms with E-state index in [1.807, 2.05) is 6.92 Å². The number of hydrogen-bond acceptors (Lipinski definition) is 5. The summed E-state index contributed by atoms with van der Waals surface area (Å²) in [7, 11) is 1.22. The van der Waals surface area contributed by atoms with Gasteiger partial charge in [0.2, 0.25) is 5.82 Å². The van der Waals surface area contributed by atoms with Gasteiger partial charge < -0.3 is 9.30 Å². The van der Waals surface area contributed by atoms with Crippen molar-refractivity contribution in [3.8, 4) is 5.75 Å². The molecule has 5 nitrogen and oxygen atoms in total. The van der Waals surface area contributed by atoms with Crippen molar-refractivity contribution in [1.29, 1.82) is 0 Å². The topological polar surface area (TPSA) is 57.0 Å². The maximum absolute atomic E-state index is 12.7. The quantitative estimate of drug-likeness (QED) is 0.583. The van der Waals surface area contributed by atoms with Crippen LogP contribution in [0.5, 0.6) is 5.75 Å². The number of carbonyl (C=O) groups is 1. The number of aromatic nitrogens is 3. The molecule has 0 saturated heterocycles. The maximum atomic E-state index is 12.7. The molecule has 0 aliphatic heterocycles. The van der Waals surface area contributed by atoms with Crippen molar-refractivity contribution < 1.29 is 22.7 Å². The third-order valence-corrected chi connectivity index (χ3v) is 4.32. The lowest BCUT2D eigenvalue weighted by Crippen LogP contribution is -2.16. The molecule has 0 spiro atoms. The second kappa shape index (κ2) is 7.25. The summed E-state index contributed by atoms with van der Waals surface area (Å²) in [6.07, 6.45) is -4.58. The third kappa shape index (κ3) is 4.08. The van der Waals surface area contributed by atoms with Gasteiger partial charge >= 0.3 is 6.18 Å². The van der Waals surface area contributed by atoms with Gasteiger partial charge in [0, 0.05) is 12.6 Å². The van der Waals surface area contributed by atoms with Crippen LogP contribution in [0.3, 0.4) is 0 Å². The Balaban J connectivity index is 2.10. The van der Waals surface area contributed by atoms with E-state index in [1.54, 1.807) is 31.2 Å². The SMILES string of the molecule is CCOc1ccc(C(=O)[C@@H](C)Sc2nnc(C(F)(F)F)n2C)cc1. The smallest absolute Gasteiger partial charge is 0.451 e. The summed E-state index contributed by atoms with van der Waals surface area (Å²) in [5.41, 5.74) is 0.455. The van der Waals surface area contributed by atoms with E-state index >= 15 is 0 Å². The van der Waals surface area contributed by atoms with Gasteiger partial charge in [-0.25, -0.2) is 0 Å². The Hall–Kier alpha value is -2.03. The highest BCUT2D eigenvalue weighted by atomic mass is 32.2. The van der Waals surface area contributed by atoms with Crippen molar-refractivity contribution in [2.45, 2.75) is 30.4 Å². The van der Waals surface area contributed by atoms with E-state index in [1.165, 1.54) is 7.05 Å². The average Bonchev–Trinajstić information content (AvgIpc) is 2.88. The fraction of sp³-hybridized carbons (Fsp3) is 0.400. The molecule has 0 unspecified atom stereocenters. The summed E-state index contributed by atoms with van der Waals surface area (Å²) in [5.74, 6) is -0.650. The Morgan fingerprint density at radius 3 is 2.42 bits per heavy atom. The molecule has 24 heavy (non-hydrogen) atoms. The first-order chi connectivity index (χ1) is 11.2. The number of hydrogen-bond donors (Lipinski definition) is 0. The van der Waals surface area contributed by atoms with Crippen LogP contribution in [0.2, 0.25) is 0 Å². The van der Waals surface area contributed by atoms with Gasteiger partial charge in [0.05, 0.1) is 11.9 Å². The minimum atomic E-state index is -4.58. The number of nitrogens with zero attached hydrogens (tertiary/aromatic N) is 3. The van der Waals surface area contributed by atoms with Crippen molar-refractivity contribution in [2.75, 3.05) is 6.61 Å². The minimum Gasteiger partial charge on any atom is -0.494 e. The van der Waals surface area contributed by atoms with Crippen molar-refractivity contribution >= 4 is 17.5 Å². The summed E-state index contributed by atoms with van der Waals surface area (Å²) in [4.78, 5) is 12.4. The largest absolute Gasteiger partial charge is 0.494 e. The molecule has 2 aromatic rings. The van der Waals surface area contributed by atoms with E-state index in [2.05, 4.69) is 10.2 Å². The lowest BCUT2D eigenvalue weighted by Gasteiger charge is -2.11. The van der Waals surface area contributed by atoms with Crippen LogP contribution in [-0.2, 0) is 13.2 Å². The number of halogens is 3. The Labute approximate surface area is 141 Å². The second-order valence-corrected chi connectivity index (χ2v) is 6.25. The molecule has 0 aliphatic carbocycles. The molecule has 0 radical (unpaired) electrons.